The first-order valence-electron chi connectivity index (χ1n) is 9.20. The average molecular weight is 424 g/mol. The van der Waals surface area contributed by atoms with Crippen molar-refractivity contribution in [3.05, 3.63) is 74.6 Å². The Balaban J connectivity index is 1.55. The first-order chi connectivity index (χ1) is 14.3. The van der Waals surface area contributed by atoms with Crippen molar-refractivity contribution < 1.29 is 14.5 Å². The van der Waals surface area contributed by atoms with Crippen LogP contribution < -0.4 is 10.6 Å². The predicted molar refractivity (Wildman–Crippen MR) is 116 cm³/mol. The standard InChI is InChI=1S/C21H20N4O4S/c1-13-5-3-4-6-16(13)20(27)22-10-9-19(26)24-21-23-17(12-30-21)15-8-7-14(2)18(11-15)25(28)29/h3-8,11-12H,9-10H2,1-2H3,(H,22,27)(H,23,24,26). The minimum Gasteiger partial charge on any atom is -0.352 e. The van der Waals surface area contributed by atoms with E-state index in [1.807, 2.05) is 19.1 Å². The molecule has 0 aliphatic rings. The maximum Gasteiger partial charge on any atom is 0.272 e. The smallest absolute Gasteiger partial charge is 0.272 e. The van der Waals surface area contributed by atoms with E-state index >= 15 is 0 Å². The van der Waals surface area contributed by atoms with Gasteiger partial charge in [-0.15, -0.1) is 11.3 Å². The van der Waals surface area contributed by atoms with Crippen LogP contribution in [0.2, 0.25) is 0 Å². The summed E-state index contributed by atoms with van der Waals surface area (Å²) in [4.78, 5) is 39.3. The fourth-order valence-electron chi connectivity index (χ4n) is 2.82. The van der Waals surface area contributed by atoms with Crippen molar-refractivity contribution in [1.29, 1.82) is 0 Å². The normalized spacial score (nSPS) is 10.5. The second-order valence-corrected chi connectivity index (χ2v) is 7.52. The molecule has 0 atom stereocenters. The molecule has 1 aromatic heterocycles. The van der Waals surface area contributed by atoms with E-state index in [0.717, 1.165) is 5.56 Å². The quantitative estimate of drug-likeness (QED) is 0.438. The molecule has 2 N–H and O–H groups in total. The number of aromatic nitrogens is 1. The van der Waals surface area contributed by atoms with Crippen LogP contribution in [0.4, 0.5) is 10.8 Å². The van der Waals surface area contributed by atoms with E-state index in [9.17, 15) is 19.7 Å². The van der Waals surface area contributed by atoms with Crippen molar-refractivity contribution in [2.45, 2.75) is 20.3 Å². The van der Waals surface area contributed by atoms with Crippen molar-refractivity contribution in [2.75, 3.05) is 11.9 Å². The van der Waals surface area contributed by atoms with Gasteiger partial charge in [-0.05, 0) is 25.5 Å². The maximum absolute atomic E-state index is 12.2. The summed E-state index contributed by atoms with van der Waals surface area (Å²) in [7, 11) is 0. The molecule has 2 aromatic carbocycles. The lowest BCUT2D eigenvalue weighted by molar-refractivity contribution is -0.385. The summed E-state index contributed by atoms with van der Waals surface area (Å²) >= 11 is 1.23. The Labute approximate surface area is 177 Å². The average Bonchev–Trinajstić information content (AvgIpc) is 3.16. The summed E-state index contributed by atoms with van der Waals surface area (Å²) < 4.78 is 0. The highest BCUT2D eigenvalue weighted by atomic mass is 32.1. The molecule has 3 rings (SSSR count). The van der Waals surface area contributed by atoms with E-state index in [1.165, 1.54) is 17.4 Å². The molecule has 154 valence electrons. The Morgan fingerprint density at radius 3 is 2.63 bits per heavy atom. The van der Waals surface area contributed by atoms with Gasteiger partial charge in [-0.1, -0.05) is 30.3 Å². The van der Waals surface area contributed by atoms with E-state index in [0.29, 0.717) is 27.5 Å². The van der Waals surface area contributed by atoms with Crippen LogP contribution in [-0.4, -0.2) is 28.3 Å². The number of carbonyl (C=O) groups is 2. The number of hydrogen-bond donors (Lipinski definition) is 2. The summed E-state index contributed by atoms with van der Waals surface area (Å²) in [5, 5.41) is 18.7. The molecule has 0 saturated carbocycles. The highest BCUT2D eigenvalue weighted by Crippen LogP contribution is 2.29. The molecule has 8 nitrogen and oxygen atoms in total. The molecule has 0 bridgehead atoms. The van der Waals surface area contributed by atoms with Gasteiger partial charge in [0.1, 0.15) is 0 Å². The number of nitro benzene ring substituents is 1. The maximum atomic E-state index is 12.2. The van der Waals surface area contributed by atoms with E-state index in [-0.39, 0.29) is 30.5 Å². The Morgan fingerprint density at radius 2 is 1.90 bits per heavy atom. The van der Waals surface area contributed by atoms with Crippen molar-refractivity contribution >= 4 is 34.0 Å². The molecule has 0 aliphatic carbocycles. The summed E-state index contributed by atoms with van der Waals surface area (Å²) in [6, 6.07) is 12.1. The number of aryl methyl sites for hydroxylation is 2. The Bertz CT molecular complexity index is 1110. The van der Waals surface area contributed by atoms with Gasteiger partial charge in [-0.25, -0.2) is 4.98 Å². The second kappa shape index (κ2) is 9.27. The van der Waals surface area contributed by atoms with E-state index in [1.54, 1.807) is 36.6 Å². The number of anilines is 1. The van der Waals surface area contributed by atoms with Crippen LogP contribution >= 0.6 is 11.3 Å². The largest absolute Gasteiger partial charge is 0.352 e. The number of rotatable bonds is 7. The lowest BCUT2D eigenvalue weighted by Crippen LogP contribution is -2.28. The van der Waals surface area contributed by atoms with Crippen LogP contribution in [0.3, 0.4) is 0 Å². The molecular weight excluding hydrogens is 404 g/mol. The Kier molecular flexibility index (Phi) is 6.53. The van der Waals surface area contributed by atoms with Crippen LogP contribution in [-0.2, 0) is 4.79 Å². The topological polar surface area (TPSA) is 114 Å². The molecule has 0 aliphatic heterocycles. The van der Waals surface area contributed by atoms with Crippen molar-refractivity contribution in [3.8, 4) is 11.3 Å². The van der Waals surface area contributed by atoms with Crippen LogP contribution in [0.15, 0.2) is 47.8 Å². The molecule has 1 heterocycles. The lowest BCUT2D eigenvalue weighted by Gasteiger charge is -2.07. The van der Waals surface area contributed by atoms with Gasteiger partial charge in [-0.3, -0.25) is 19.7 Å². The molecule has 0 fully saturated rings. The SMILES string of the molecule is Cc1ccccc1C(=O)NCCC(=O)Nc1nc(-c2ccc(C)c([N+](=O)[O-])c2)cs1. The first-order valence-corrected chi connectivity index (χ1v) is 10.1. The lowest BCUT2D eigenvalue weighted by atomic mass is 10.1. The Hall–Kier alpha value is -3.59. The molecule has 0 saturated heterocycles. The summed E-state index contributed by atoms with van der Waals surface area (Å²) in [6.45, 7) is 3.72. The van der Waals surface area contributed by atoms with Crippen LogP contribution in [0, 0.1) is 24.0 Å². The number of thiazole rings is 1. The highest BCUT2D eigenvalue weighted by molar-refractivity contribution is 7.14. The highest BCUT2D eigenvalue weighted by Gasteiger charge is 2.15. The third kappa shape index (κ3) is 5.06. The minimum atomic E-state index is -0.431. The number of amides is 2. The van der Waals surface area contributed by atoms with E-state index in [2.05, 4.69) is 15.6 Å². The molecule has 30 heavy (non-hydrogen) atoms. The van der Waals surface area contributed by atoms with Gasteiger partial charge in [0, 0.05) is 41.1 Å². The zero-order valence-corrected chi connectivity index (χ0v) is 17.3. The van der Waals surface area contributed by atoms with E-state index < -0.39 is 4.92 Å². The van der Waals surface area contributed by atoms with Gasteiger partial charge in [-0.2, -0.15) is 0 Å². The number of benzene rings is 2. The molecule has 0 unspecified atom stereocenters. The number of hydrogen-bond acceptors (Lipinski definition) is 6. The molecule has 0 spiro atoms. The number of carbonyl (C=O) groups excluding carboxylic acids is 2. The van der Waals surface area contributed by atoms with Crippen LogP contribution in [0.5, 0.6) is 0 Å². The molecule has 9 heteroatoms. The molecular formula is C21H20N4O4S. The second-order valence-electron chi connectivity index (χ2n) is 6.67. The van der Waals surface area contributed by atoms with Gasteiger partial charge >= 0.3 is 0 Å². The fraction of sp³-hybridized carbons (Fsp3) is 0.190. The van der Waals surface area contributed by atoms with Gasteiger partial charge < -0.3 is 10.6 Å². The summed E-state index contributed by atoms with van der Waals surface area (Å²) in [6.07, 6.45) is 0.0997. The van der Waals surface area contributed by atoms with Crippen LogP contribution in [0.25, 0.3) is 11.3 Å². The third-order valence-corrected chi connectivity index (χ3v) is 5.24. The van der Waals surface area contributed by atoms with Crippen LogP contribution in [0.1, 0.15) is 27.9 Å². The zero-order valence-electron chi connectivity index (χ0n) is 16.5. The Morgan fingerprint density at radius 1 is 1.13 bits per heavy atom. The van der Waals surface area contributed by atoms with Gasteiger partial charge in [0.15, 0.2) is 5.13 Å². The molecule has 2 amide bonds. The van der Waals surface area contributed by atoms with Crippen molar-refractivity contribution in [1.82, 2.24) is 10.3 Å². The summed E-state index contributed by atoms with van der Waals surface area (Å²) in [5.74, 6) is -0.505. The minimum absolute atomic E-state index is 0.0236. The summed E-state index contributed by atoms with van der Waals surface area (Å²) in [5.41, 5.74) is 3.19. The van der Waals surface area contributed by atoms with Crippen molar-refractivity contribution in [2.24, 2.45) is 0 Å². The molecule has 3 aromatic rings. The fourth-order valence-corrected chi connectivity index (χ4v) is 3.56. The zero-order chi connectivity index (χ0) is 21.7. The van der Waals surface area contributed by atoms with Gasteiger partial charge in [0.25, 0.3) is 11.6 Å². The third-order valence-electron chi connectivity index (χ3n) is 4.48. The van der Waals surface area contributed by atoms with Gasteiger partial charge in [0.05, 0.1) is 10.6 Å². The first kappa shape index (κ1) is 21.1. The number of nitrogens with one attached hydrogen (secondary N) is 2. The van der Waals surface area contributed by atoms with Crippen molar-refractivity contribution in [3.63, 3.8) is 0 Å². The van der Waals surface area contributed by atoms with E-state index in [4.69, 9.17) is 0 Å². The number of nitrogens with zero attached hydrogens (tertiary/aromatic N) is 2. The molecule has 0 radical (unpaired) electrons. The van der Waals surface area contributed by atoms with Gasteiger partial charge in [0.2, 0.25) is 5.91 Å². The monoisotopic (exact) mass is 424 g/mol. The predicted octanol–water partition coefficient (Wildman–Crippen LogP) is 4.09. The number of nitro groups is 1.